The fraction of sp³-hybridized carbons (Fsp3) is 0.667. The van der Waals surface area contributed by atoms with Crippen LogP contribution in [0.5, 0.6) is 0 Å². The zero-order valence-electron chi connectivity index (χ0n) is 13.3. The Balaban J connectivity index is 1.79. The van der Waals surface area contributed by atoms with E-state index in [2.05, 4.69) is 66.2 Å². The minimum absolute atomic E-state index is 0.551. The Morgan fingerprint density at radius 2 is 2.14 bits per heavy atom. The van der Waals surface area contributed by atoms with Gasteiger partial charge in [0.15, 0.2) is 0 Å². The SMILES string of the molecule is CCC(C)C1CN(C2CCSC2)C(c2ccccc2)CN1. The predicted octanol–water partition coefficient (Wildman–Crippen LogP) is 3.55. The van der Waals surface area contributed by atoms with E-state index < -0.39 is 0 Å². The molecule has 0 bridgehead atoms. The quantitative estimate of drug-likeness (QED) is 0.916. The lowest BCUT2D eigenvalue weighted by atomic mass is 9.92. The van der Waals surface area contributed by atoms with Gasteiger partial charge in [-0.2, -0.15) is 11.8 Å². The first-order chi connectivity index (χ1) is 10.3. The van der Waals surface area contributed by atoms with Crippen molar-refractivity contribution in [1.82, 2.24) is 10.2 Å². The van der Waals surface area contributed by atoms with Gasteiger partial charge in [-0.25, -0.2) is 0 Å². The van der Waals surface area contributed by atoms with Gasteiger partial charge in [-0.3, -0.25) is 4.90 Å². The molecule has 0 amide bonds. The van der Waals surface area contributed by atoms with Crippen LogP contribution in [-0.2, 0) is 0 Å². The van der Waals surface area contributed by atoms with Crippen LogP contribution in [0.4, 0.5) is 0 Å². The third-order valence-electron chi connectivity index (χ3n) is 5.27. The summed E-state index contributed by atoms with van der Waals surface area (Å²) in [5.74, 6) is 3.42. The van der Waals surface area contributed by atoms with E-state index in [1.165, 1.54) is 36.5 Å². The van der Waals surface area contributed by atoms with Crippen molar-refractivity contribution in [2.24, 2.45) is 5.92 Å². The molecule has 2 fully saturated rings. The fourth-order valence-corrected chi connectivity index (χ4v) is 4.87. The number of hydrogen-bond acceptors (Lipinski definition) is 3. The topological polar surface area (TPSA) is 15.3 Å². The predicted molar refractivity (Wildman–Crippen MR) is 92.9 cm³/mol. The molecule has 2 nitrogen and oxygen atoms in total. The minimum Gasteiger partial charge on any atom is -0.311 e. The second-order valence-electron chi connectivity index (χ2n) is 6.54. The zero-order valence-corrected chi connectivity index (χ0v) is 14.1. The molecule has 3 heteroatoms. The van der Waals surface area contributed by atoms with Gasteiger partial charge in [-0.1, -0.05) is 50.6 Å². The van der Waals surface area contributed by atoms with Crippen molar-refractivity contribution >= 4 is 11.8 Å². The maximum atomic E-state index is 3.82. The van der Waals surface area contributed by atoms with Crippen molar-refractivity contribution in [2.75, 3.05) is 24.6 Å². The Labute approximate surface area is 133 Å². The highest BCUT2D eigenvalue weighted by Gasteiger charge is 2.36. The van der Waals surface area contributed by atoms with Crippen LogP contribution < -0.4 is 5.32 Å². The van der Waals surface area contributed by atoms with Crippen molar-refractivity contribution in [1.29, 1.82) is 0 Å². The van der Waals surface area contributed by atoms with E-state index in [9.17, 15) is 0 Å². The molecule has 21 heavy (non-hydrogen) atoms. The molecule has 1 aromatic carbocycles. The van der Waals surface area contributed by atoms with Crippen molar-refractivity contribution < 1.29 is 0 Å². The van der Waals surface area contributed by atoms with Crippen LogP contribution in [0.15, 0.2) is 30.3 Å². The number of nitrogens with zero attached hydrogens (tertiary/aromatic N) is 1. The van der Waals surface area contributed by atoms with Crippen LogP contribution >= 0.6 is 11.8 Å². The molecule has 116 valence electrons. The van der Waals surface area contributed by atoms with Gasteiger partial charge in [0.05, 0.1) is 0 Å². The van der Waals surface area contributed by atoms with Crippen molar-refractivity contribution in [3.05, 3.63) is 35.9 Å². The first kappa shape index (κ1) is 15.4. The molecule has 0 aromatic heterocycles. The summed E-state index contributed by atoms with van der Waals surface area (Å²) in [5, 5.41) is 3.82. The first-order valence-electron chi connectivity index (χ1n) is 8.41. The van der Waals surface area contributed by atoms with Crippen molar-refractivity contribution in [3.63, 3.8) is 0 Å². The third kappa shape index (κ3) is 3.46. The van der Waals surface area contributed by atoms with Gasteiger partial charge in [-0.05, 0) is 23.7 Å². The van der Waals surface area contributed by atoms with Crippen molar-refractivity contribution in [3.8, 4) is 0 Å². The molecule has 1 aromatic rings. The molecule has 3 rings (SSSR count). The Hall–Kier alpha value is -0.510. The molecule has 0 aliphatic carbocycles. The van der Waals surface area contributed by atoms with E-state index in [-0.39, 0.29) is 0 Å². The van der Waals surface area contributed by atoms with Crippen LogP contribution in [-0.4, -0.2) is 41.6 Å². The van der Waals surface area contributed by atoms with E-state index in [1.807, 2.05) is 0 Å². The molecular formula is C18H28N2S. The number of rotatable bonds is 4. The summed E-state index contributed by atoms with van der Waals surface area (Å²) in [4.78, 5) is 2.81. The largest absolute Gasteiger partial charge is 0.311 e. The molecule has 4 unspecified atom stereocenters. The van der Waals surface area contributed by atoms with E-state index in [4.69, 9.17) is 0 Å². The normalized spacial score (nSPS) is 32.2. The summed E-state index contributed by atoms with van der Waals surface area (Å²) in [6.07, 6.45) is 2.63. The molecule has 1 N–H and O–H groups in total. The van der Waals surface area contributed by atoms with Gasteiger partial charge in [0.25, 0.3) is 0 Å². The standard InChI is InChI=1S/C18H28N2S/c1-3-14(2)17-12-20(16-9-10-21-13-16)18(11-19-17)15-7-5-4-6-8-15/h4-8,14,16-19H,3,9-13H2,1-2H3. The molecule has 0 saturated carbocycles. The average Bonchev–Trinajstić information content (AvgIpc) is 3.09. The third-order valence-corrected chi connectivity index (χ3v) is 6.42. The van der Waals surface area contributed by atoms with Gasteiger partial charge in [-0.15, -0.1) is 0 Å². The summed E-state index contributed by atoms with van der Waals surface area (Å²) in [5.41, 5.74) is 1.48. The number of thioether (sulfide) groups is 1. The molecule has 0 radical (unpaired) electrons. The molecule has 4 atom stereocenters. The Morgan fingerprint density at radius 3 is 2.81 bits per heavy atom. The molecule has 0 spiro atoms. The summed E-state index contributed by atoms with van der Waals surface area (Å²) in [7, 11) is 0. The fourth-order valence-electron chi connectivity index (χ4n) is 3.64. The number of hydrogen-bond donors (Lipinski definition) is 1. The average molecular weight is 305 g/mol. The molecular weight excluding hydrogens is 276 g/mol. The zero-order chi connectivity index (χ0) is 14.7. The van der Waals surface area contributed by atoms with Gasteiger partial charge in [0.1, 0.15) is 0 Å². The lowest BCUT2D eigenvalue weighted by Crippen LogP contribution is -2.57. The van der Waals surface area contributed by atoms with Gasteiger partial charge >= 0.3 is 0 Å². The summed E-state index contributed by atoms with van der Waals surface area (Å²) >= 11 is 2.13. The van der Waals surface area contributed by atoms with E-state index in [0.29, 0.717) is 12.1 Å². The first-order valence-corrected chi connectivity index (χ1v) is 9.57. The van der Waals surface area contributed by atoms with Gasteiger partial charge in [0, 0.05) is 37.0 Å². The highest BCUT2D eigenvalue weighted by Crippen LogP contribution is 2.33. The number of nitrogens with one attached hydrogen (secondary N) is 1. The maximum absolute atomic E-state index is 3.82. The van der Waals surface area contributed by atoms with E-state index >= 15 is 0 Å². The summed E-state index contributed by atoms with van der Waals surface area (Å²) in [6, 6.07) is 13.0. The second-order valence-corrected chi connectivity index (χ2v) is 7.69. The van der Waals surface area contributed by atoms with Crippen LogP contribution in [0, 0.1) is 5.92 Å². The van der Waals surface area contributed by atoms with Gasteiger partial charge in [0.2, 0.25) is 0 Å². The van der Waals surface area contributed by atoms with Crippen LogP contribution in [0.25, 0.3) is 0 Å². The van der Waals surface area contributed by atoms with E-state index in [1.54, 1.807) is 0 Å². The Kier molecular flexibility index (Phi) is 5.25. The maximum Gasteiger partial charge on any atom is 0.0476 e. The van der Waals surface area contributed by atoms with Crippen LogP contribution in [0.1, 0.15) is 38.3 Å². The van der Waals surface area contributed by atoms with E-state index in [0.717, 1.165) is 18.5 Å². The Bertz CT molecular complexity index is 430. The summed E-state index contributed by atoms with van der Waals surface area (Å²) < 4.78 is 0. The molecule has 2 aliphatic heterocycles. The lowest BCUT2D eigenvalue weighted by molar-refractivity contribution is 0.0754. The minimum atomic E-state index is 0.551. The molecule has 2 saturated heterocycles. The smallest absolute Gasteiger partial charge is 0.0476 e. The highest BCUT2D eigenvalue weighted by molar-refractivity contribution is 7.99. The second kappa shape index (κ2) is 7.17. The summed E-state index contributed by atoms with van der Waals surface area (Å²) in [6.45, 7) is 7.01. The number of piperazine rings is 1. The van der Waals surface area contributed by atoms with Crippen LogP contribution in [0.2, 0.25) is 0 Å². The lowest BCUT2D eigenvalue weighted by Gasteiger charge is -2.45. The molecule has 2 heterocycles. The molecule has 2 aliphatic rings. The van der Waals surface area contributed by atoms with Crippen molar-refractivity contribution in [2.45, 2.75) is 44.8 Å². The van der Waals surface area contributed by atoms with Gasteiger partial charge < -0.3 is 5.32 Å². The van der Waals surface area contributed by atoms with Crippen LogP contribution in [0.3, 0.4) is 0 Å². The monoisotopic (exact) mass is 304 g/mol. The highest BCUT2D eigenvalue weighted by atomic mass is 32.2. The number of benzene rings is 1. The Morgan fingerprint density at radius 1 is 1.33 bits per heavy atom.